The van der Waals surface area contributed by atoms with Crippen LogP contribution in [0.4, 0.5) is 4.79 Å². The SMILES string of the molecule is CC[C@@H](C=NC(=O)OCc1ccccc1)Cc1c[nH]c2ccc(Cc3nc(Cc4ccccc4)no3)cc12. The molecule has 3 aromatic carbocycles. The zero-order chi connectivity index (χ0) is 26.2. The number of nitrogens with one attached hydrogen (secondary N) is 1. The number of hydrogen-bond donors (Lipinski definition) is 1. The number of carbonyl (C=O) groups excluding carboxylic acids is 1. The van der Waals surface area contributed by atoms with E-state index in [2.05, 4.69) is 57.4 Å². The van der Waals surface area contributed by atoms with E-state index < -0.39 is 6.09 Å². The normalized spacial score (nSPS) is 12.2. The fourth-order valence-electron chi connectivity index (χ4n) is 4.40. The number of hydrogen-bond acceptors (Lipinski definition) is 5. The van der Waals surface area contributed by atoms with E-state index in [4.69, 9.17) is 9.26 Å². The first-order valence-electron chi connectivity index (χ1n) is 12.9. The number of amides is 1. The van der Waals surface area contributed by atoms with E-state index in [1.165, 1.54) is 5.56 Å². The summed E-state index contributed by atoms with van der Waals surface area (Å²) in [5.74, 6) is 1.39. The van der Waals surface area contributed by atoms with Gasteiger partial charge in [-0.15, -0.1) is 0 Å². The van der Waals surface area contributed by atoms with Gasteiger partial charge in [-0.2, -0.15) is 9.98 Å². The minimum absolute atomic E-state index is 0.110. The average molecular weight is 507 g/mol. The Hall–Kier alpha value is -4.52. The van der Waals surface area contributed by atoms with Crippen molar-refractivity contribution in [2.24, 2.45) is 10.9 Å². The van der Waals surface area contributed by atoms with Crippen LogP contribution in [0.1, 0.15) is 47.3 Å². The molecule has 5 rings (SSSR count). The summed E-state index contributed by atoms with van der Waals surface area (Å²) in [4.78, 5) is 24.1. The van der Waals surface area contributed by atoms with E-state index in [0.717, 1.165) is 40.4 Å². The molecular formula is C31H30N4O3. The minimum Gasteiger partial charge on any atom is -0.443 e. The van der Waals surface area contributed by atoms with Crippen LogP contribution in [0.2, 0.25) is 0 Å². The molecule has 0 unspecified atom stereocenters. The molecule has 0 fully saturated rings. The Balaban J connectivity index is 1.21. The van der Waals surface area contributed by atoms with Crippen LogP contribution in [0.3, 0.4) is 0 Å². The Morgan fingerprint density at radius 3 is 2.53 bits per heavy atom. The Morgan fingerprint density at radius 2 is 1.76 bits per heavy atom. The maximum atomic E-state index is 12.1. The van der Waals surface area contributed by atoms with Gasteiger partial charge < -0.3 is 14.2 Å². The molecule has 2 heterocycles. The van der Waals surface area contributed by atoms with Gasteiger partial charge >= 0.3 is 6.09 Å². The lowest BCUT2D eigenvalue weighted by molar-refractivity contribution is 0.151. The van der Waals surface area contributed by atoms with Crippen molar-refractivity contribution in [3.63, 3.8) is 0 Å². The summed E-state index contributed by atoms with van der Waals surface area (Å²) in [5.41, 5.74) is 5.42. The number of benzene rings is 3. The highest BCUT2D eigenvalue weighted by Crippen LogP contribution is 2.24. The van der Waals surface area contributed by atoms with Crippen LogP contribution < -0.4 is 0 Å². The Morgan fingerprint density at radius 1 is 1.00 bits per heavy atom. The first kappa shape index (κ1) is 25.1. The molecule has 192 valence electrons. The molecule has 2 aromatic heterocycles. The molecule has 0 aliphatic heterocycles. The minimum atomic E-state index is -0.570. The van der Waals surface area contributed by atoms with E-state index in [9.17, 15) is 4.79 Å². The Kier molecular flexibility index (Phi) is 8.04. The second-order valence-electron chi connectivity index (χ2n) is 9.33. The van der Waals surface area contributed by atoms with Gasteiger partial charge in [0.2, 0.25) is 5.89 Å². The van der Waals surface area contributed by atoms with Gasteiger partial charge in [0.05, 0.1) is 6.42 Å². The Bertz CT molecular complexity index is 1510. The number of ether oxygens (including phenoxy) is 1. The van der Waals surface area contributed by atoms with Crippen molar-refractivity contribution in [3.8, 4) is 0 Å². The van der Waals surface area contributed by atoms with E-state index in [1.54, 1.807) is 6.21 Å². The summed E-state index contributed by atoms with van der Waals surface area (Å²) in [6.45, 7) is 2.31. The highest BCUT2D eigenvalue weighted by atomic mass is 16.5. The molecule has 0 bridgehead atoms. The van der Waals surface area contributed by atoms with Crippen molar-refractivity contribution in [2.45, 2.75) is 39.2 Å². The number of carbonyl (C=O) groups is 1. The summed E-state index contributed by atoms with van der Waals surface area (Å²) in [6.07, 6.45) is 6.00. The third-order valence-electron chi connectivity index (χ3n) is 6.50. The van der Waals surface area contributed by atoms with E-state index in [1.807, 2.05) is 54.7 Å². The monoisotopic (exact) mass is 506 g/mol. The quantitative estimate of drug-likeness (QED) is 0.213. The predicted octanol–water partition coefficient (Wildman–Crippen LogP) is 6.71. The molecule has 1 amide bonds. The average Bonchev–Trinajstić information content (AvgIpc) is 3.57. The third kappa shape index (κ3) is 6.62. The molecule has 38 heavy (non-hydrogen) atoms. The van der Waals surface area contributed by atoms with Crippen LogP contribution in [0.25, 0.3) is 10.9 Å². The number of aliphatic imine (C=N–C) groups is 1. The van der Waals surface area contributed by atoms with Gasteiger partial charge in [-0.1, -0.05) is 78.8 Å². The molecule has 7 nitrogen and oxygen atoms in total. The summed E-state index contributed by atoms with van der Waals surface area (Å²) < 4.78 is 10.8. The Labute approximate surface area is 221 Å². The van der Waals surface area contributed by atoms with E-state index in [-0.39, 0.29) is 12.5 Å². The summed E-state index contributed by atoms with van der Waals surface area (Å²) >= 11 is 0. The van der Waals surface area contributed by atoms with Gasteiger partial charge in [-0.25, -0.2) is 4.79 Å². The maximum absolute atomic E-state index is 12.1. The number of aromatic nitrogens is 3. The van der Waals surface area contributed by atoms with Gasteiger partial charge in [0.15, 0.2) is 5.82 Å². The van der Waals surface area contributed by atoms with Crippen LogP contribution in [0, 0.1) is 5.92 Å². The van der Waals surface area contributed by atoms with Gasteiger partial charge in [-0.3, -0.25) is 0 Å². The van der Waals surface area contributed by atoms with E-state index in [0.29, 0.717) is 24.6 Å². The molecule has 7 heteroatoms. The zero-order valence-electron chi connectivity index (χ0n) is 21.3. The largest absolute Gasteiger partial charge is 0.443 e. The lowest BCUT2D eigenvalue weighted by Gasteiger charge is -2.09. The molecule has 1 atom stereocenters. The highest BCUT2D eigenvalue weighted by Gasteiger charge is 2.13. The standard InChI is InChI=1S/C31H30N4O3/c1-2-22(19-33-31(36)37-21-24-11-7-4-8-12-24)15-26-20-32-28-14-13-25(16-27(26)28)18-30-34-29(35-38-30)17-23-9-5-3-6-10-23/h3-14,16,19-20,22,32H,2,15,17-18,21H2,1H3/t22-/m1/s1. The molecule has 0 saturated carbocycles. The van der Waals surface area contributed by atoms with Crippen LogP contribution in [-0.2, 0) is 30.6 Å². The second-order valence-corrected chi connectivity index (χ2v) is 9.33. The van der Waals surface area contributed by atoms with Gasteiger partial charge in [0.1, 0.15) is 6.61 Å². The molecule has 5 aromatic rings. The van der Waals surface area contributed by atoms with Crippen molar-refractivity contribution in [1.82, 2.24) is 15.1 Å². The predicted molar refractivity (Wildman–Crippen MR) is 147 cm³/mol. The van der Waals surface area contributed by atoms with Gasteiger partial charge in [-0.05, 0) is 53.1 Å². The number of aromatic amines is 1. The molecule has 0 radical (unpaired) electrons. The molecule has 0 spiro atoms. The van der Waals surface area contributed by atoms with Crippen molar-refractivity contribution in [2.75, 3.05) is 0 Å². The van der Waals surface area contributed by atoms with Crippen molar-refractivity contribution < 1.29 is 14.1 Å². The fraction of sp³-hybridized carbons (Fsp3) is 0.226. The van der Waals surface area contributed by atoms with Crippen LogP contribution >= 0.6 is 0 Å². The maximum Gasteiger partial charge on any atom is 0.433 e. The number of fused-ring (bicyclic) bond motifs is 1. The van der Waals surface area contributed by atoms with Crippen LogP contribution in [0.5, 0.6) is 0 Å². The number of rotatable bonds is 10. The van der Waals surface area contributed by atoms with Crippen molar-refractivity contribution in [1.29, 1.82) is 0 Å². The third-order valence-corrected chi connectivity index (χ3v) is 6.50. The van der Waals surface area contributed by atoms with Gasteiger partial charge in [0.25, 0.3) is 0 Å². The van der Waals surface area contributed by atoms with Crippen molar-refractivity contribution >= 4 is 23.2 Å². The van der Waals surface area contributed by atoms with Crippen LogP contribution in [-0.4, -0.2) is 27.4 Å². The van der Waals surface area contributed by atoms with E-state index >= 15 is 0 Å². The van der Waals surface area contributed by atoms with Crippen LogP contribution in [0.15, 0.2) is 94.6 Å². The summed E-state index contributed by atoms with van der Waals surface area (Å²) in [5, 5.41) is 5.29. The lowest BCUT2D eigenvalue weighted by atomic mass is 9.97. The molecule has 0 aliphatic carbocycles. The zero-order valence-corrected chi connectivity index (χ0v) is 21.3. The molecular weight excluding hydrogens is 476 g/mol. The van der Waals surface area contributed by atoms with Crippen molar-refractivity contribution in [3.05, 3.63) is 119 Å². The fourth-order valence-corrected chi connectivity index (χ4v) is 4.40. The summed E-state index contributed by atoms with van der Waals surface area (Å²) in [6, 6.07) is 26.0. The highest BCUT2D eigenvalue weighted by molar-refractivity contribution is 5.85. The number of nitrogens with zero attached hydrogens (tertiary/aromatic N) is 3. The topological polar surface area (TPSA) is 93.4 Å². The lowest BCUT2D eigenvalue weighted by Crippen LogP contribution is -2.07. The first-order valence-corrected chi connectivity index (χ1v) is 12.9. The molecule has 1 N–H and O–H groups in total. The van der Waals surface area contributed by atoms with Gasteiger partial charge in [0, 0.05) is 29.7 Å². The second kappa shape index (κ2) is 12.1. The molecule has 0 aliphatic rings. The molecule has 0 saturated heterocycles. The number of H-pyrrole nitrogens is 1. The smallest absolute Gasteiger partial charge is 0.433 e. The first-order chi connectivity index (χ1) is 18.7. The summed E-state index contributed by atoms with van der Waals surface area (Å²) in [7, 11) is 0.